The van der Waals surface area contributed by atoms with E-state index in [1.807, 2.05) is 30.3 Å². The molecule has 132 valence electrons. The highest BCUT2D eigenvalue weighted by Gasteiger charge is 2.32. The molecule has 0 aliphatic carbocycles. The highest BCUT2D eigenvalue weighted by Crippen LogP contribution is 2.21. The third kappa shape index (κ3) is 5.04. The van der Waals surface area contributed by atoms with Gasteiger partial charge in [-0.1, -0.05) is 30.3 Å². The summed E-state index contributed by atoms with van der Waals surface area (Å²) < 4.78 is 5.03. The second-order valence-electron chi connectivity index (χ2n) is 6.04. The first kappa shape index (κ1) is 18.4. The highest BCUT2D eigenvalue weighted by atomic mass is 16.5. The zero-order valence-corrected chi connectivity index (χ0v) is 14.2. The van der Waals surface area contributed by atoms with Gasteiger partial charge < -0.3 is 19.6 Å². The molecule has 0 spiro atoms. The van der Waals surface area contributed by atoms with Crippen LogP contribution in [0.15, 0.2) is 30.3 Å². The topological polar surface area (TPSA) is 70.1 Å². The predicted octanol–water partition coefficient (Wildman–Crippen LogP) is 0.893. The first-order valence-electron chi connectivity index (χ1n) is 8.36. The Bertz CT molecular complexity index is 535. The Balaban J connectivity index is 2.01. The molecule has 1 aliphatic rings. The Kier molecular flexibility index (Phi) is 7.21. The number of carbonyl (C=O) groups is 2. The monoisotopic (exact) mass is 334 g/mol. The lowest BCUT2D eigenvalue weighted by molar-refractivity contribution is -0.144. The van der Waals surface area contributed by atoms with E-state index < -0.39 is 0 Å². The molecule has 0 unspecified atom stereocenters. The fraction of sp³-hybridized carbons (Fsp3) is 0.556. The molecular formula is C18H26N2O4. The molecular weight excluding hydrogens is 308 g/mol. The molecule has 0 saturated carbocycles. The third-order valence-corrected chi connectivity index (χ3v) is 4.31. The van der Waals surface area contributed by atoms with Crippen LogP contribution in [0.5, 0.6) is 0 Å². The van der Waals surface area contributed by atoms with Crippen LogP contribution in [0.1, 0.15) is 18.4 Å². The Hall–Kier alpha value is -1.92. The number of piperidine rings is 1. The second-order valence-corrected chi connectivity index (χ2v) is 6.04. The van der Waals surface area contributed by atoms with Crippen molar-refractivity contribution in [1.82, 2.24) is 9.80 Å². The van der Waals surface area contributed by atoms with Crippen LogP contribution in [0.2, 0.25) is 0 Å². The minimum absolute atomic E-state index is 0.00261. The van der Waals surface area contributed by atoms with E-state index in [0.717, 1.165) is 5.56 Å². The Morgan fingerprint density at radius 3 is 2.79 bits per heavy atom. The summed E-state index contributed by atoms with van der Waals surface area (Å²) in [4.78, 5) is 28.2. The number of aliphatic hydroxyl groups is 1. The van der Waals surface area contributed by atoms with Gasteiger partial charge in [0.1, 0.15) is 0 Å². The Labute approximate surface area is 143 Å². The minimum atomic E-state index is -0.213. The maximum Gasteiger partial charge on any atom is 0.227 e. The number of amides is 2. The van der Waals surface area contributed by atoms with Crippen molar-refractivity contribution in [2.24, 2.45) is 5.92 Å². The van der Waals surface area contributed by atoms with E-state index in [9.17, 15) is 14.7 Å². The molecule has 1 atom stereocenters. The van der Waals surface area contributed by atoms with Crippen molar-refractivity contribution in [2.45, 2.75) is 19.4 Å². The summed E-state index contributed by atoms with van der Waals surface area (Å²) in [5.41, 5.74) is 1.03. The van der Waals surface area contributed by atoms with Crippen LogP contribution in [0.25, 0.3) is 0 Å². The molecule has 0 bridgehead atoms. The summed E-state index contributed by atoms with van der Waals surface area (Å²) >= 11 is 0. The number of carbonyl (C=O) groups excluding carboxylic acids is 2. The van der Waals surface area contributed by atoms with Crippen molar-refractivity contribution in [3.05, 3.63) is 35.9 Å². The standard InChI is InChI=1S/C18H26N2O4/c1-24-12-10-19-14-16(7-8-17(19)22)18(23)20(9-11-21)13-15-5-3-2-4-6-15/h2-6,16,21H,7-14H2,1H3/t16-/m1/s1. The third-order valence-electron chi connectivity index (χ3n) is 4.31. The normalized spacial score (nSPS) is 17.8. The van der Waals surface area contributed by atoms with Crippen LogP contribution in [0, 0.1) is 5.92 Å². The first-order chi connectivity index (χ1) is 11.7. The number of methoxy groups -OCH3 is 1. The molecule has 2 amide bonds. The van der Waals surface area contributed by atoms with Crippen molar-refractivity contribution in [3.8, 4) is 0 Å². The van der Waals surface area contributed by atoms with Crippen molar-refractivity contribution in [2.75, 3.05) is 40.0 Å². The Morgan fingerprint density at radius 1 is 1.38 bits per heavy atom. The van der Waals surface area contributed by atoms with Gasteiger partial charge in [0.05, 0.1) is 19.1 Å². The molecule has 6 nitrogen and oxygen atoms in total. The smallest absolute Gasteiger partial charge is 0.227 e. The molecule has 1 aromatic carbocycles. The fourth-order valence-corrected chi connectivity index (χ4v) is 2.98. The summed E-state index contributed by atoms with van der Waals surface area (Å²) in [5.74, 6) is -0.134. The van der Waals surface area contributed by atoms with Gasteiger partial charge >= 0.3 is 0 Å². The van der Waals surface area contributed by atoms with Crippen LogP contribution in [0.3, 0.4) is 0 Å². The van der Waals surface area contributed by atoms with Gasteiger partial charge in [-0.3, -0.25) is 9.59 Å². The lowest BCUT2D eigenvalue weighted by Crippen LogP contribution is -2.48. The molecule has 0 radical (unpaired) electrons. The van der Waals surface area contributed by atoms with Gasteiger partial charge in [0.15, 0.2) is 0 Å². The molecule has 1 saturated heterocycles. The summed E-state index contributed by atoms with van der Waals surface area (Å²) in [7, 11) is 1.60. The first-order valence-corrected chi connectivity index (χ1v) is 8.36. The van der Waals surface area contributed by atoms with Gasteiger partial charge in [0, 0.05) is 39.7 Å². The van der Waals surface area contributed by atoms with E-state index in [1.165, 1.54) is 0 Å². The number of hydrogen-bond donors (Lipinski definition) is 1. The molecule has 1 N–H and O–H groups in total. The summed E-state index contributed by atoms with van der Waals surface area (Å²) in [6.45, 7) is 2.11. The molecule has 1 aliphatic heterocycles. The number of nitrogens with zero attached hydrogens (tertiary/aromatic N) is 2. The second kappa shape index (κ2) is 9.39. The fourth-order valence-electron chi connectivity index (χ4n) is 2.98. The summed E-state index contributed by atoms with van der Waals surface area (Å²) in [5, 5.41) is 9.30. The number of benzene rings is 1. The minimum Gasteiger partial charge on any atom is -0.395 e. The predicted molar refractivity (Wildman–Crippen MR) is 90.1 cm³/mol. The molecule has 1 fully saturated rings. The molecule has 24 heavy (non-hydrogen) atoms. The zero-order valence-electron chi connectivity index (χ0n) is 14.2. The van der Waals surface area contributed by atoms with Gasteiger partial charge in [-0.2, -0.15) is 0 Å². The van der Waals surface area contributed by atoms with Gasteiger partial charge in [-0.25, -0.2) is 0 Å². The summed E-state index contributed by atoms with van der Waals surface area (Å²) in [6.07, 6.45) is 0.955. The van der Waals surface area contributed by atoms with E-state index in [1.54, 1.807) is 16.9 Å². The number of ether oxygens (including phenoxy) is 1. The maximum atomic E-state index is 12.9. The quantitative estimate of drug-likeness (QED) is 0.767. The zero-order chi connectivity index (χ0) is 17.4. The number of rotatable bonds is 8. The van der Waals surface area contributed by atoms with E-state index in [4.69, 9.17) is 4.74 Å². The lowest BCUT2D eigenvalue weighted by Gasteiger charge is -2.34. The van der Waals surface area contributed by atoms with Crippen LogP contribution < -0.4 is 0 Å². The number of likely N-dealkylation sites (tertiary alicyclic amines) is 1. The Morgan fingerprint density at radius 2 is 2.12 bits per heavy atom. The van der Waals surface area contributed by atoms with Gasteiger partial charge in [0.25, 0.3) is 0 Å². The van der Waals surface area contributed by atoms with Gasteiger partial charge in [-0.15, -0.1) is 0 Å². The van der Waals surface area contributed by atoms with E-state index in [0.29, 0.717) is 45.6 Å². The SMILES string of the molecule is COCCN1C[C@H](C(=O)N(CCO)Cc2ccccc2)CCC1=O. The molecule has 1 heterocycles. The van der Waals surface area contributed by atoms with E-state index in [-0.39, 0.29) is 24.3 Å². The van der Waals surface area contributed by atoms with E-state index in [2.05, 4.69) is 0 Å². The maximum absolute atomic E-state index is 12.9. The van der Waals surface area contributed by atoms with Crippen LogP contribution in [-0.2, 0) is 20.9 Å². The lowest BCUT2D eigenvalue weighted by atomic mass is 9.95. The van der Waals surface area contributed by atoms with Crippen molar-refractivity contribution >= 4 is 11.8 Å². The van der Waals surface area contributed by atoms with Crippen molar-refractivity contribution in [1.29, 1.82) is 0 Å². The van der Waals surface area contributed by atoms with E-state index >= 15 is 0 Å². The molecule has 6 heteroatoms. The van der Waals surface area contributed by atoms with Gasteiger partial charge in [-0.05, 0) is 12.0 Å². The average Bonchev–Trinajstić information content (AvgIpc) is 2.61. The summed E-state index contributed by atoms with van der Waals surface area (Å²) in [6, 6.07) is 9.73. The van der Waals surface area contributed by atoms with Crippen LogP contribution >= 0.6 is 0 Å². The largest absolute Gasteiger partial charge is 0.395 e. The van der Waals surface area contributed by atoms with Crippen molar-refractivity contribution < 1.29 is 19.4 Å². The highest BCUT2D eigenvalue weighted by molar-refractivity contribution is 5.84. The molecule has 0 aromatic heterocycles. The van der Waals surface area contributed by atoms with Crippen molar-refractivity contribution in [3.63, 3.8) is 0 Å². The van der Waals surface area contributed by atoms with Crippen LogP contribution in [0.4, 0.5) is 0 Å². The molecule has 2 rings (SSSR count). The average molecular weight is 334 g/mol. The van der Waals surface area contributed by atoms with Gasteiger partial charge in [0.2, 0.25) is 11.8 Å². The number of aliphatic hydroxyl groups excluding tert-OH is 1. The number of hydrogen-bond acceptors (Lipinski definition) is 4. The molecule has 1 aromatic rings. The van der Waals surface area contributed by atoms with Crippen LogP contribution in [-0.4, -0.2) is 66.7 Å².